The van der Waals surface area contributed by atoms with Crippen LogP contribution in [-0.2, 0) is 15.1 Å². The highest BCUT2D eigenvalue weighted by molar-refractivity contribution is 6.27. The summed E-state index contributed by atoms with van der Waals surface area (Å²) in [6, 6.07) is 16.1. The predicted molar refractivity (Wildman–Crippen MR) is 76.9 cm³/mol. The fraction of sp³-hybridized carbons (Fsp3) is 0.176. The van der Waals surface area contributed by atoms with Crippen LogP contribution in [0.1, 0.15) is 22.8 Å². The Labute approximate surface area is 121 Å². The molecule has 0 N–H and O–H groups in total. The molecule has 2 aliphatic heterocycles. The molecule has 4 heteroatoms. The highest BCUT2D eigenvalue weighted by atomic mass is 16.6. The Morgan fingerprint density at radius 1 is 1.00 bits per heavy atom. The molecule has 2 amide bonds. The number of carbonyl (C=O) groups excluding carboxylic acids is 2. The first kappa shape index (κ1) is 12.3. The highest BCUT2D eigenvalue weighted by Crippen LogP contribution is 2.51. The molecule has 0 aromatic heterocycles. The van der Waals surface area contributed by atoms with Crippen molar-refractivity contribution in [1.29, 1.82) is 0 Å². The van der Waals surface area contributed by atoms with Crippen molar-refractivity contribution in [3.05, 3.63) is 65.7 Å². The van der Waals surface area contributed by atoms with E-state index >= 15 is 0 Å². The zero-order valence-corrected chi connectivity index (χ0v) is 11.4. The fourth-order valence-corrected chi connectivity index (χ4v) is 3.05. The zero-order chi connectivity index (χ0) is 14.6. The molecule has 2 aromatic rings. The number of benzene rings is 2. The lowest BCUT2D eigenvalue weighted by Gasteiger charge is -2.31. The minimum Gasteiger partial charge on any atom is -0.351 e. The zero-order valence-electron chi connectivity index (χ0n) is 11.4. The number of carbonyl (C=O) groups is 2. The molecule has 4 rings (SSSR count). The number of amides is 2. The molecular weight excluding hydrogens is 266 g/mol. The van der Waals surface area contributed by atoms with Crippen LogP contribution in [0.2, 0.25) is 0 Å². The summed E-state index contributed by atoms with van der Waals surface area (Å²) in [4.78, 5) is 26.8. The molecule has 2 unspecified atom stereocenters. The number of ether oxygens (including phenoxy) is 1. The lowest BCUT2D eigenvalue weighted by molar-refractivity contribution is -0.123. The molecule has 2 atom stereocenters. The second-order valence-corrected chi connectivity index (χ2v) is 5.32. The van der Waals surface area contributed by atoms with Gasteiger partial charge in [-0.1, -0.05) is 36.4 Å². The van der Waals surface area contributed by atoms with Crippen LogP contribution >= 0.6 is 0 Å². The molecule has 104 valence electrons. The van der Waals surface area contributed by atoms with Gasteiger partial charge in [0, 0.05) is 11.1 Å². The Morgan fingerprint density at radius 3 is 2.29 bits per heavy atom. The summed E-state index contributed by atoms with van der Waals surface area (Å²) in [5, 5.41) is 0. The first-order chi connectivity index (χ1) is 10.2. The topological polar surface area (TPSA) is 49.9 Å². The van der Waals surface area contributed by atoms with Crippen molar-refractivity contribution >= 4 is 17.5 Å². The van der Waals surface area contributed by atoms with E-state index in [9.17, 15) is 9.59 Å². The van der Waals surface area contributed by atoms with Crippen molar-refractivity contribution in [2.24, 2.45) is 0 Å². The molecule has 4 nitrogen and oxygen atoms in total. The maximum Gasteiger partial charge on any atom is 0.273 e. The number of imide groups is 1. The molecule has 0 saturated carbocycles. The number of hydrogen-bond acceptors (Lipinski definition) is 3. The van der Waals surface area contributed by atoms with Crippen LogP contribution in [-0.4, -0.2) is 17.9 Å². The molecule has 1 fully saturated rings. The van der Waals surface area contributed by atoms with Crippen molar-refractivity contribution in [2.45, 2.75) is 18.6 Å². The van der Waals surface area contributed by atoms with Crippen LogP contribution in [0.4, 0.5) is 5.69 Å². The van der Waals surface area contributed by atoms with Crippen LogP contribution in [0, 0.1) is 0 Å². The van der Waals surface area contributed by atoms with E-state index in [0.717, 1.165) is 0 Å². The summed E-state index contributed by atoms with van der Waals surface area (Å²) in [7, 11) is 0. The van der Waals surface area contributed by atoms with Crippen LogP contribution in [0.15, 0.2) is 54.6 Å². The quantitative estimate of drug-likeness (QED) is 0.595. The number of rotatable bonds is 1. The lowest BCUT2D eigenvalue weighted by atomic mass is 9.86. The monoisotopic (exact) mass is 279 g/mol. The van der Waals surface area contributed by atoms with E-state index in [-0.39, 0.29) is 17.9 Å². The van der Waals surface area contributed by atoms with Crippen molar-refractivity contribution in [3.63, 3.8) is 0 Å². The van der Waals surface area contributed by atoms with Gasteiger partial charge < -0.3 is 4.74 Å². The van der Waals surface area contributed by atoms with Crippen LogP contribution < -0.4 is 4.90 Å². The first-order valence-corrected chi connectivity index (χ1v) is 6.87. The van der Waals surface area contributed by atoms with E-state index < -0.39 is 5.60 Å². The fourth-order valence-electron chi connectivity index (χ4n) is 3.05. The summed E-state index contributed by atoms with van der Waals surface area (Å²) in [6.07, 6.45) is -0.217. The molecule has 21 heavy (non-hydrogen) atoms. The number of para-hydroxylation sites is 1. The maximum atomic E-state index is 12.9. The molecule has 0 bridgehead atoms. The van der Waals surface area contributed by atoms with Gasteiger partial charge in [0.05, 0.1) is 11.8 Å². The van der Waals surface area contributed by atoms with Crippen molar-refractivity contribution in [2.75, 3.05) is 4.90 Å². The smallest absolute Gasteiger partial charge is 0.273 e. The van der Waals surface area contributed by atoms with Gasteiger partial charge in [-0.2, -0.15) is 0 Å². The number of nitrogens with zero attached hydrogens (tertiary/aromatic N) is 1. The third-order valence-electron chi connectivity index (χ3n) is 4.17. The Balaban J connectivity index is 1.93. The number of fused-ring (bicyclic) bond motifs is 2. The van der Waals surface area contributed by atoms with Crippen molar-refractivity contribution < 1.29 is 14.3 Å². The molecule has 1 spiro atoms. The minimum absolute atomic E-state index is 0.217. The molecule has 0 radical (unpaired) electrons. The number of anilines is 1. The van der Waals surface area contributed by atoms with E-state index in [2.05, 4.69) is 0 Å². The molecule has 1 saturated heterocycles. The summed E-state index contributed by atoms with van der Waals surface area (Å²) < 4.78 is 5.64. The summed E-state index contributed by atoms with van der Waals surface area (Å²) in [5.74, 6) is -0.597. The third kappa shape index (κ3) is 1.48. The largest absolute Gasteiger partial charge is 0.351 e. The van der Waals surface area contributed by atoms with Gasteiger partial charge in [0.15, 0.2) is 5.60 Å². The van der Waals surface area contributed by atoms with Crippen LogP contribution in [0.3, 0.4) is 0 Å². The second kappa shape index (κ2) is 4.02. The van der Waals surface area contributed by atoms with Gasteiger partial charge in [0.25, 0.3) is 11.8 Å². The first-order valence-electron chi connectivity index (χ1n) is 6.87. The van der Waals surface area contributed by atoms with E-state index in [4.69, 9.17) is 4.74 Å². The van der Waals surface area contributed by atoms with Crippen LogP contribution in [0.25, 0.3) is 0 Å². The maximum absolute atomic E-state index is 12.9. The van der Waals surface area contributed by atoms with E-state index in [1.807, 2.05) is 19.1 Å². The Hall–Kier alpha value is -2.46. The number of epoxide rings is 1. The van der Waals surface area contributed by atoms with Gasteiger partial charge in [-0.05, 0) is 25.1 Å². The third-order valence-corrected chi connectivity index (χ3v) is 4.17. The summed E-state index contributed by atoms with van der Waals surface area (Å²) >= 11 is 0. The molecule has 2 heterocycles. The van der Waals surface area contributed by atoms with Crippen molar-refractivity contribution in [1.82, 2.24) is 0 Å². The summed E-state index contributed by atoms with van der Waals surface area (Å²) in [6.45, 7) is 1.85. The normalized spacial score (nSPS) is 26.9. The van der Waals surface area contributed by atoms with Gasteiger partial charge in [0.1, 0.15) is 0 Å². The van der Waals surface area contributed by atoms with Gasteiger partial charge in [-0.3, -0.25) is 9.59 Å². The Bertz CT molecular complexity index is 756. The van der Waals surface area contributed by atoms with Crippen LogP contribution in [0.5, 0.6) is 0 Å². The molecular formula is C17H13NO3. The average Bonchev–Trinajstić information content (AvgIpc) is 3.19. The van der Waals surface area contributed by atoms with Crippen molar-refractivity contribution in [3.8, 4) is 0 Å². The van der Waals surface area contributed by atoms with E-state index in [1.54, 1.807) is 42.5 Å². The predicted octanol–water partition coefficient (Wildman–Crippen LogP) is 2.49. The minimum atomic E-state index is -1.000. The Kier molecular flexibility index (Phi) is 2.35. The lowest BCUT2D eigenvalue weighted by Crippen LogP contribution is -2.50. The average molecular weight is 279 g/mol. The molecule has 2 aromatic carbocycles. The SMILES string of the molecule is CC1OC12C(=O)N(c1ccccc1)C(=O)c1ccccc12. The van der Waals surface area contributed by atoms with E-state index in [1.165, 1.54) is 4.90 Å². The van der Waals surface area contributed by atoms with E-state index in [0.29, 0.717) is 16.8 Å². The van der Waals surface area contributed by atoms with Gasteiger partial charge >= 0.3 is 0 Å². The standard InChI is InChI=1S/C17H13NO3/c1-11-17(21-11)14-10-6-5-9-13(14)15(19)18(16(17)20)12-7-3-2-4-8-12/h2-11H,1H3. The highest BCUT2D eigenvalue weighted by Gasteiger charge is 2.66. The van der Waals surface area contributed by atoms with Gasteiger partial charge in [-0.25, -0.2) is 4.90 Å². The number of hydrogen-bond donors (Lipinski definition) is 0. The van der Waals surface area contributed by atoms with Gasteiger partial charge in [-0.15, -0.1) is 0 Å². The second-order valence-electron chi connectivity index (χ2n) is 5.32. The molecule has 2 aliphatic rings. The van der Waals surface area contributed by atoms with Gasteiger partial charge in [0.2, 0.25) is 0 Å². The Morgan fingerprint density at radius 2 is 1.62 bits per heavy atom. The summed E-state index contributed by atoms with van der Waals surface area (Å²) in [5.41, 5.74) is 0.787. The molecule has 0 aliphatic carbocycles.